The summed E-state index contributed by atoms with van der Waals surface area (Å²) in [5.74, 6) is 5.43. The maximum absolute atomic E-state index is 13.1. The van der Waals surface area contributed by atoms with Gasteiger partial charge in [-0.25, -0.2) is 4.39 Å². The highest BCUT2D eigenvalue weighted by Crippen LogP contribution is 2.53. The molecule has 3 N–H and O–H groups in total. The molecule has 2 aliphatic rings. The first kappa shape index (κ1) is 8.97. The van der Waals surface area contributed by atoms with Crippen molar-refractivity contribution in [3.05, 3.63) is 11.8 Å². The molecular formula is C9H15FN2O. The lowest BCUT2D eigenvalue weighted by Gasteiger charge is -2.22. The summed E-state index contributed by atoms with van der Waals surface area (Å²) < 4.78 is 18.2. The molecule has 13 heavy (non-hydrogen) atoms. The molecule has 0 amide bonds. The predicted octanol–water partition coefficient (Wildman–Crippen LogP) is 0.871. The minimum Gasteiger partial charge on any atom is -0.501 e. The molecule has 0 aromatic heterocycles. The maximum Gasteiger partial charge on any atom is 0.108 e. The van der Waals surface area contributed by atoms with Gasteiger partial charge in [0.1, 0.15) is 6.17 Å². The predicted molar refractivity (Wildman–Crippen MR) is 47.4 cm³/mol. The molecule has 0 aromatic rings. The average molecular weight is 186 g/mol. The summed E-state index contributed by atoms with van der Waals surface area (Å²) in [5.41, 5.74) is 3.47. The second kappa shape index (κ2) is 2.96. The van der Waals surface area contributed by atoms with Crippen molar-refractivity contribution in [2.75, 3.05) is 6.61 Å². The molecule has 3 nitrogen and oxygen atoms in total. The SMILES string of the molecule is CC1(C(NN)C2=COCC2)CC1F. The fraction of sp³-hybridized carbons (Fsp3) is 0.778. The summed E-state index contributed by atoms with van der Waals surface area (Å²) in [5, 5.41) is 0. The minimum absolute atomic E-state index is 0.0648. The molecule has 0 radical (unpaired) electrons. The standard InChI is InChI=1S/C9H15FN2O/c1-9(4-7(9)10)8(12-11)6-2-3-13-5-6/h5,7-8,12H,2-4,11H2,1H3. The third-order valence-corrected chi connectivity index (χ3v) is 3.11. The van der Waals surface area contributed by atoms with E-state index in [0.717, 1.165) is 12.0 Å². The molecule has 3 atom stereocenters. The summed E-state index contributed by atoms with van der Waals surface area (Å²) in [6.07, 6.45) is 2.44. The summed E-state index contributed by atoms with van der Waals surface area (Å²) in [4.78, 5) is 0. The Hall–Kier alpha value is -0.610. The van der Waals surface area contributed by atoms with Crippen LogP contribution in [-0.4, -0.2) is 18.8 Å². The molecule has 4 heteroatoms. The van der Waals surface area contributed by atoms with Gasteiger partial charge in [0.15, 0.2) is 0 Å². The van der Waals surface area contributed by atoms with E-state index in [-0.39, 0.29) is 11.5 Å². The smallest absolute Gasteiger partial charge is 0.108 e. The van der Waals surface area contributed by atoms with Crippen LogP contribution in [-0.2, 0) is 4.74 Å². The number of hydrazine groups is 1. The Balaban J connectivity index is 2.09. The van der Waals surface area contributed by atoms with Crippen molar-refractivity contribution in [2.24, 2.45) is 11.3 Å². The molecule has 1 heterocycles. The normalized spacial score (nSPS) is 39.6. The highest BCUT2D eigenvalue weighted by Gasteiger charge is 2.57. The largest absolute Gasteiger partial charge is 0.501 e. The van der Waals surface area contributed by atoms with Crippen LogP contribution >= 0.6 is 0 Å². The molecule has 1 aliphatic carbocycles. The van der Waals surface area contributed by atoms with Crippen molar-refractivity contribution in [1.82, 2.24) is 5.43 Å². The van der Waals surface area contributed by atoms with Crippen LogP contribution in [0.1, 0.15) is 19.8 Å². The summed E-state index contributed by atoms with van der Waals surface area (Å²) in [6.45, 7) is 2.61. The van der Waals surface area contributed by atoms with E-state index in [1.165, 1.54) is 0 Å². The van der Waals surface area contributed by atoms with Gasteiger partial charge in [-0.15, -0.1) is 0 Å². The quantitative estimate of drug-likeness (QED) is 0.508. The third-order valence-electron chi connectivity index (χ3n) is 3.11. The van der Waals surface area contributed by atoms with E-state index in [1.54, 1.807) is 6.26 Å². The van der Waals surface area contributed by atoms with Crippen molar-refractivity contribution in [3.8, 4) is 0 Å². The summed E-state index contributed by atoms with van der Waals surface area (Å²) in [6, 6.07) is -0.0648. The van der Waals surface area contributed by atoms with Crippen molar-refractivity contribution >= 4 is 0 Å². The lowest BCUT2D eigenvalue weighted by molar-refractivity contribution is 0.281. The Morgan fingerprint density at radius 1 is 1.85 bits per heavy atom. The average Bonchev–Trinajstić information content (AvgIpc) is 2.56. The van der Waals surface area contributed by atoms with Crippen LogP contribution in [0.2, 0.25) is 0 Å². The molecule has 0 spiro atoms. The van der Waals surface area contributed by atoms with Gasteiger partial charge in [0.2, 0.25) is 0 Å². The van der Waals surface area contributed by atoms with E-state index in [9.17, 15) is 4.39 Å². The number of ether oxygens (including phenoxy) is 1. The molecule has 1 aliphatic heterocycles. The Labute approximate surface area is 77.1 Å². The van der Waals surface area contributed by atoms with Gasteiger partial charge < -0.3 is 4.74 Å². The lowest BCUT2D eigenvalue weighted by atomic mass is 9.91. The monoisotopic (exact) mass is 186 g/mol. The second-order valence-electron chi connectivity index (χ2n) is 4.09. The molecular weight excluding hydrogens is 171 g/mol. The zero-order valence-corrected chi connectivity index (χ0v) is 7.72. The molecule has 1 saturated carbocycles. The van der Waals surface area contributed by atoms with Gasteiger partial charge in [0.05, 0.1) is 18.9 Å². The first-order valence-corrected chi connectivity index (χ1v) is 4.59. The van der Waals surface area contributed by atoms with Gasteiger partial charge in [-0.1, -0.05) is 6.92 Å². The molecule has 2 rings (SSSR count). The van der Waals surface area contributed by atoms with Crippen LogP contribution in [0.15, 0.2) is 11.8 Å². The maximum atomic E-state index is 13.1. The van der Waals surface area contributed by atoms with Crippen LogP contribution in [0.5, 0.6) is 0 Å². The zero-order chi connectivity index (χ0) is 9.47. The Morgan fingerprint density at radius 2 is 2.54 bits per heavy atom. The molecule has 1 fully saturated rings. The van der Waals surface area contributed by atoms with Gasteiger partial charge in [-0.3, -0.25) is 11.3 Å². The van der Waals surface area contributed by atoms with Crippen molar-refractivity contribution < 1.29 is 9.13 Å². The number of alkyl halides is 1. The topological polar surface area (TPSA) is 47.3 Å². The van der Waals surface area contributed by atoms with Crippen LogP contribution < -0.4 is 11.3 Å². The van der Waals surface area contributed by atoms with E-state index >= 15 is 0 Å². The summed E-state index contributed by atoms with van der Waals surface area (Å²) in [7, 11) is 0. The van der Waals surface area contributed by atoms with Crippen LogP contribution in [0.4, 0.5) is 4.39 Å². The molecule has 0 aromatic carbocycles. The van der Waals surface area contributed by atoms with E-state index in [4.69, 9.17) is 10.6 Å². The molecule has 0 saturated heterocycles. The number of rotatable bonds is 3. The lowest BCUT2D eigenvalue weighted by Crippen LogP contribution is -2.43. The number of halogens is 1. The first-order chi connectivity index (χ1) is 6.18. The number of nitrogens with two attached hydrogens (primary N) is 1. The fourth-order valence-electron chi connectivity index (χ4n) is 1.96. The number of nitrogens with one attached hydrogen (secondary N) is 1. The second-order valence-corrected chi connectivity index (χ2v) is 4.09. The Kier molecular flexibility index (Phi) is 2.04. The third kappa shape index (κ3) is 1.34. The molecule has 0 bridgehead atoms. The van der Waals surface area contributed by atoms with Crippen LogP contribution in [0.25, 0.3) is 0 Å². The fourth-order valence-corrected chi connectivity index (χ4v) is 1.96. The van der Waals surface area contributed by atoms with E-state index in [1.807, 2.05) is 6.92 Å². The molecule has 74 valence electrons. The van der Waals surface area contributed by atoms with E-state index < -0.39 is 6.17 Å². The van der Waals surface area contributed by atoms with E-state index in [0.29, 0.717) is 13.0 Å². The van der Waals surface area contributed by atoms with Crippen LogP contribution in [0, 0.1) is 5.41 Å². The van der Waals surface area contributed by atoms with Gasteiger partial charge >= 0.3 is 0 Å². The highest BCUT2D eigenvalue weighted by molar-refractivity contribution is 5.22. The van der Waals surface area contributed by atoms with Gasteiger partial charge in [0, 0.05) is 11.8 Å². The number of hydrogen-bond acceptors (Lipinski definition) is 3. The Bertz CT molecular complexity index is 244. The van der Waals surface area contributed by atoms with Crippen LogP contribution in [0.3, 0.4) is 0 Å². The van der Waals surface area contributed by atoms with Crippen molar-refractivity contribution in [3.63, 3.8) is 0 Å². The van der Waals surface area contributed by atoms with Crippen molar-refractivity contribution in [2.45, 2.75) is 32.0 Å². The highest BCUT2D eigenvalue weighted by atomic mass is 19.1. The van der Waals surface area contributed by atoms with Gasteiger partial charge in [-0.05, 0) is 12.0 Å². The van der Waals surface area contributed by atoms with E-state index in [2.05, 4.69) is 5.43 Å². The zero-order valence-electron chi connectivity index (χ0n) is 7.72. The first-order valence-electron chi connectivity index (χ1n) is 4.59. The number of hydrogen-bond donors (Lipinski definition) is 2. The minimum atomic E-state index is -0.727. The van der Waals surface area contributed by atoms with Gasteiger partial charge in [-0.2, -0.15) is 0 Å². The van der Waals surface area contributed by atoms with Gasteiger partial charge in [0.25, 0.3) is 0 Å². The molecule has 3 unspecified atom stereocenters. The summed E-state index contributed by atoms with van der Waals surface area (Å²) >= 11 is 0. The Morgan fingerprint density at radius 3 is 2.92 bits per heavy atom. The van der Waals surface area contributed by atoms with Crippen molar-refractivity contribution in [1.29, 1.82) is 0 Å².